The molecule has 1 atom stereocenters. The summed E-state index contributed by atoms with van der Waals surface area (Å²) < 4.78 is 5.87. The van der Waals surface area contributed by atoms with Crippen molar-refractivity contribution in [3.8, 4) is 0 Å². The van der Waals surface area contributed by atoms with E-state index in [0.717, 1.165) is 40.8 Å². The van der Waals surface area contributed by atoms with Gasteiger partial charge in [-0.1, -0.05) is 188 Å². The molecule has 3 aromatic rings. The van der Waals surface area contributed by atoms with Crippen LogP contribution < -0.4 is 5.32 Å². The number of hydrogen-bond donors (Lipinski definition) is 1. The molecule has 1 aliphatic carbocycles. The minimum absolute atomic E-state index is 0. The van der Waals surface area contributed by atoms with Crippen LogP contribution in [-0.2, 0) is 59.9 Å². The van der Waals surface area contributed by atoms with Gasteiger partial charge in [0.25, 0.3) is 0 Å². The van der Waals surface area contributed by atoms with Crippen LogP contribution in [0, 0.1) is 41.9 Å². The van der Waals surface area contributed by atoms with Crippen LogP contribution in [0.1, 0.15) is 341 Å². The summed E-state index contributed by atoms with van der Waals surface area (Å²) in [6, 6.07) is 1.53. The third-order valence-electron chi connectivity index (χ3n) is 13.6. The number of nitrogens with zero attached hydrogens (tertiary/aromatic N) is 15. The second kappa shape index (κ2) is 56.0. The summed E-state index contributed by atoms with van der Waals surface area (Å²) in [5, 5.41) is 53.6. The van der Waals surface area contributed by atoms with E-state index in [0.29, 0.717) is 59.2 Å². The van der Waals surface area contributed by atoms with E-state index in [9.17, 15) is 14.4 Å². The third kappa shape index (κ3) is 49.1. The fourth-order valence-electron chi connectivity index (χ4n) is 7.60. The van der Waals surface area contributed by atoms with Crippen LogP contribution in [0.25, 0.3) is 5.41 Å². The molecule has 3 amide bonds. The second-order valence-corrected chi connectivity index (χ2v) is 34.2. The van der Waals surface area contributed by atoms with Gasteiger partial charge in [-0.15, -0.1) is 27.1 Å². The van der Waals surface area contributed by atoms with Crippen molar-refractivity contribution in [1.82, 2.24) is 55.2 Å². The van der Waals surface area contributed by atoms with Crippen molar-refractivity contribution in [2.45, 2.75) is 370 Å². The molecule has 2 bridgehead atoms. The van der Waals surface area contributed by atoms with Crippen molar-refractivity contribution >= 4 is 47.0 Å². The van der Waals surface area contributed by atoms with E-state index in [4.69, 9.17) is 5.41 Å². The first-order valence-electron chi connectivity index (χ1n) is 36.7. The van der Waals surface area contributed by atoms with E-state index in [1.807, 2.05) is 130 Å². The van der Waals surface area contributed by atoms with Crippen molar-refractivity contribution in [1.29, 1.82) is 0 Å². The summed E-state index contributed by atoms with van der Waals surface area (Å²) in [6.45, 7) is 74.4. The van der Waals surface area contributed by atoms with Gasteiger partial charge in [-0.3, -0.25) is 19.3 Å². The van der Waals surface area contributed by atoms with E-state index >= 15 is 0 Å². The van der Waals surface area contributed by atoms with E-state index < -0.39 is 11.3 Å². The summed E-state index contributed by atoms with van der Waals surface area (Å²) in [7, 11) is 0. The maximum absolute atomic E-state index is 11.8. The van der Waals surface area contributed by atoms with E-state index in [2.05, 4.69) is 225 Å². The van der Waals surface area contributed by atoms with Gasteiger partial charge in [0.1, 0.15) is 0 Å². The predicted molar refractivity (Wildman–Crippen MR) is 419 cm³/mol. The van der Waals surface area contributed by atoms with Crippen LogP contribution in [0.2, 0.25) is 0 Å². The number of hydrogen-bond acceptors (Lipinski definition) is 15. The van der Waals surface area contributed by atoms with Crippen molar-refractivity contribution in [2.24, 2.45) is 56.0 Å². The molecule has 19 nitrogen and oxygen atoms in total. The van der Waals surface area contributed by atoms with Crippen molar-refractivity contribution in [2.75, 3.05) is 5.75 Å². The topological polar surface area (TPSA) is 230 Å². The Morgan fingerprint density at radius 3 is 1.30 bits per heavy atom. The number of likely N-dealkylation sites (tertiary alicyclic amines) is 1. The summed E-state index contributed by atoms with van der Waals surface area (Å²) in [6.07, 6.45) is 19.3. The first kappa shape index (κ1) is 103. The number of azo groups is 2. The molecule has 0 spiro atoms. The van der Waals surface area contributed by atoms with Crippen molar-refractivity contribution in [3.05, 3.63) is 59.2 Å². The van der Waals surface area contributed by atoms with Crippen LogP contribution in [0.5, 0.6) is 0 Å². The second-order valence-electron chi connectivity index (χ2n) is 30.8. The molecule has 3 aromatic heterocycles. The number of aryl methyl sites for hydroxylation is 1. The maximum atomic E-state index is 11.8. The Hall–Kier alpha value is -3.56. The molecule has 0 aromatic carbocycles. The van der Waals surface area contributed by atoms with Crippen LogP contribution >= 0.6 is 23.5 Å². The summed E-state index contributed by atoms with van der Waals surface area (Å²) in [5.41, 5.74) is 4.26. The molecule has 5 aliphatic rings. The molecule has 4 aliphatic heterocycles. The number of carbonyl (C=O) groups excluding carboxylic acids is 3. The SMILES string of the molecule is CC(=[N-])C(C)C.CC(C)C.CC(C)C.CC(C)C12C=CC(C)(N=N1)N=N2.CC(C)CCSC(C)C.CC(C)NC(=O)C(C)C.CC(C)SC1CC(=O)N(C(C)C)C1=O.CC(C)c1cn(C(C)C)nn1.CC(C)c1cn(C(C)C)nn1.CC(C)n1nnc2c1CCCCCC2.C[CH-]C.[Y]. The minimum Gasteiger partial charge on any atom is -0.811 e. The largest absolute Gasteiger partial charge is 0.811 e. The Morgan fingerprint density at radius 1 is 0.602 bits per heavy atom. The number of rotatable bonds is 16. The van der Waals surface area contributed by atoms with Crippen LogP contribution in [-0.4, -0.2) is 118 Å². The quantitative estimate of drug-likeness (QED) is 0.0613. The van der Waals surface area contributed by atoms with Crippen molar-refractivity contribution in [3.63, 3.8) is 0 Å². The van der Waals surface area contributed by atoms with Gasteiger partial charge in [-0.25, -0.2) is 19.8 Å². The van der Waals surface area contributed by atoms with Gasteiger partial charge < -0.3 is 17.1 Å². The number of amides is 3. The average Bonchev–Trinajstić information content (AvgIpc) is 0.999. The van der Waals surface area contributed by atoms with Gasteiger partial charge in [-0.05, 0) is 172 Å². The monoisotopic (exact) mass is 1490 g/mol. The Morgan fingerprint density at radius 2 is 1.03 bits per heavy atom. The van der Waals surface area contributed by atoms with Gasteiger partial charge >= 0.3 is 0 Å². The fraction of sp³-hybridized carbons (Fsp3) is 0.829. The number of thioether (sulfide) groups is 2. The number of carbonyl (C=O) groups is 3. The van der Waals surface area contributed by atoms with Gasteiger partial charge in [0.2, 0.25) is 29.0 Å². The Balaban J connectivity index is -0.000000331. The standard InChI is InChI=1S/C11H19N3.C10H17NO2S.C8H12N4.2C8H15N3.C8H18S.C7H15NO.C5H10N.2C4H10.C3H7.Y/c1-9(2)14-11-8-6-4-3-5-7-10(11)12-13-14;1-6(2)11-9(12)5-8(10(11)13)14-7(3)4;1-6(2)8-5-4-7(3,9-11-8)10-12-8;2*1-6(2)8-5-11(7(3)4)10-9-8;1-7(2)5-6-9-8(3)4;1-5(2)7(9)8-6(3)4;1-4(2)5(3)6;2*1-4(2)3;1-3-2;/h9H,3-8H2,1-2H3;6-8H,5H2,1-4H3;4-6H,1-3H3;2*5-7H,1-4H3;7-8H,5-6H2,1-4H3;5-6H,1-4H3,(H,8,9);4H,1-3H3;2*4H,1-3H3;3H,1-2H3;/q;;;;;;;-1;;;-1;. The first-order chi connectivity index (χ1) is 44.7. The van der Waals surface area contributed by atoms with Crippen LogP contribution in [0.3, 0.4) is 0 Å². The zero-order valence-corrected chi connectivity index (χ0v) is 73.8. The molecule has 0 saturated carbocycles. The van der Waals surface area contributed by atoms with Crippen LogP contribution in [0.15, 0.2) is 45.0 Å². The first-order valence-corrected chi connectivity index (χ1v) is 38.7. The maximum Gasteiger partial charge on any atom is 0.243 e. The minimum atomic E-state index is -0.517. The molecule has 1 unspecified atom stereocenters. The zero-order valence-electron chi connectivity index (χ0n) is 69.3. The smallest absolute Gasteiger partial charge is 0.243 e. The molecule has 1 saturated heterocycles. The van der Waals surface area contributed by atoms with E-state index in [-0.39, 0.29) is 73.7 Å². The molecule has 1 N–H and O–H groups in total. The molecule has 567 valence electrons. The number of aromatic nitrogens is 9. The Kier molecular flexibility index (Phi) is 58.9. The van der Waals surface area contributed by atoms with E-state index in [1.165, 1.54) is 60.6 Å². The molecule has 7 heterocycles. The molecule has 1 fully saturated rings. The van der Waals surface area contributed by atoms with Gasteiger partial charge in [-0.2, -0.15) is 46.1 Å². The summed E-state index contributed by atoms with van der Waals surface area (Å²) >= 11 is 3.64. The summed E-state index contributed by atoms with van der Waals surface area (Å²) in [4.78, 5) is 35.5. The zero-order chi connectivity index (χ0) is 76.3. The molecule has 22 heteroatoms. The van der Waals surface area contributed by atoms with E-state index in [1.54, 1.807) is 18.7 Å². The number of nitrogens with one attached hydrogen (secondary N) is 1. The molecular weight excluding hydrogens is 1340 g/mol. The number of fused-ring (bicyclic) bond motifs is 1. The van der Waals surface area contributed by atoms with Crippen molar-refractivity contribution < 1.29 is 47.1 Å². The summed E-state index contributed by atoms with van der Waals surface area (Å²) in [5.74, 6) is 5.65. The van der Waals surface area contributed by atoms with Gasteiger partial charge in [0.15, 0.2) is 0 Å². The fourth-order valence-corrected chi connectivity index (χ4v) is 9.80. The number of imide groups is 1. The van der Waals surface area contributed by atoms with Gasteiger partial charge in [0.05, 0.1) is 28.0 Å². The predicted octanol–water partition coefficient (Wildman–Crippen LogP) is 21.3. The average molecular weight is 1490 g/mol. The third-order valence-corrected chi connectivity index (χ3v) is 16.0. The Labute approximate surface area is 635 Å². The van der Waals surface area contributed by atoms with Crippen LogP contribution in [0.4, 0.5) is 0 Å². The normalized spacial score (nSPS) is 17.1. The molecule has 98 heavy (non-hydrogen) atoms. The molecule has 8 rings (SSSR count). The molecular formula is C76H148N16O3S2Y-2. The van der Waals surface area contributed by atoms with Gasteiger partial charge in [0, 0.05) is 93.6 Å². The molecule has 1 radical (unpaired) electrons. The Bertz CT molecular complexity index is 2460.